The SMILES string of the molecule is COc1cc(S(=O)(=O)NC(C)C(=O)O)ccc1[N+](=O)[O-]. The number of sulfonamides is 1. The molecular weight excluding hydrogens is 292 g/mol. The van der Waals surface area contributed by atoms with Crippen LogP contribution in [0.2, 0.25) is 0 Å². The Morgan fingerprint density at radius 1 is 1.50 bits per heavy atom. The van der Waals surface area contributed by atoms with Crippen LogP contribution in [0.15, 0.2) is 23.1 Å². The van der Waals surface area contributed by atoms with Gasteiger partial charge < -0.3 is 9.84 Å². The van der Waals surface area contributed by atoms with Crippen molar-refractivity contribution < 1.29 is 28.0 Å². The standard InChI is InChI=1S/C10H12N2O7S/c1-6(10(13)14)11-20(17,18)7-3-4-8(12(15)16)9(5-7)19-2/h3-6,11H,1-2H3,(H,13,14). The molecule has 1 aromatic carbocycles. The fraction of sp³-hybridized carbons (Fsp3) is 0.300. The number of rotatable bonds is 6. The first kappa shape index (κ1) is 15.9. The van der Waals surface area contributed by atoms with Crippen LogP contribution in [0, 0.1) is 10.1 Å². The van der Waals surface area contributed by atoms with Gasteiger partial charge in [-0.05, 0) is 13.0 Å². The molecule has 0 aliphatic heterocycles. The van der Waals surface area contributed by atoms with Crippen molar-refractivity contribution in [2.24, 2.45) is 0 Å². The van der Waals surface area contributed by atoms with Crippen molar-refractivity contribution in [1.29, 1.82) is 0 Å². The number of methoxy groups -OCH3 is 1. The molecule has 0 heterocycles. The summed E-state index contributed by atoms with van der Waals surface area (Å²) >= 11 is 0. The van der Waals surface area contributed by atoms with Gasteiger partial charge in [-0.15, -0.1) is 0 Å². The molecule has 110 valence electrons. The Balaban J connectivity index is 3.20. The Morgan fingerprint density at radius 2 is 2.10 bits per heavy atom. The molecule has 1 rings (SSSR count). The van der Waals surface area contributed by atoms with Crippen molar-refractivity contribution in [3.63, 3.8) is 0 Å². The molecule has 0 bridgehead atoms. The second-order valence-corrected chi connectivity index (χ2v) is 5.49. The number of nitrogens with one attached hydrogen (secondary N) is 1. The third-order valence-electron chi connectivity index (χ3n) is 2.36. The van der Waals surface area contributed by atoms with Gasteiger partial charge in [0.15, 0.2) is 5.75 Å². The third-order valence-corrected chi connectivity index (χ3v) is 3.90. The van der Waals surface area contributed by atoms with Gasteiger partial charge in [-0.25, -0.2) is 8.42 Å². The Kier molecular flexibility index (Phi) is 4.63. The molecule has 0 fully saturated rings. The fourth-order valence-corrected chi connectivity index (χ4v) is 2.54. The lowest BCUT2D eigenvalue weighted by Gasteiger charge is -2.11. The molecule has 1 aromatic rings. The number of benzene rings is 1. The fourth-order valence-electron chi connectivity index (χ4n) is 1.33. The number of nitro benzene ring substituents is 1. The van der Waals surface area contributed by atoms with Crippen molar-refractivity contribution >= 4 is 21.7 Å². The van der Waals surface area contributed by atoms with Crippen LogP contribution >= 0.6 is 0 Å². The lowest BCUT2D eigenvalue weighted by molar-refractivity contribution is -0.385. The summed E-state index contributed by atoms with van der Waals surface area (Å²) in [5, 5.41) is 19.4. The summed E-state index contributed by atoms with van der Waals surface area (Å²) in [5.41, 5.74) is -0.391. The van der Waals surface area contributed by atoms with Gasteiger partial charge in [0.25, 0.3) is 0 Å². The highest BCUT2D eigenvalue weighted by Gasteiger charge is 2.24. The maximum atomic E-state index is 11.9. The average molecular weight is 304 g/mol. The molecule has 20 heavy (non-hydrogen) atoms. The van der Waals surface area contributed by atoms with Crippen molar-refractivity contribution in [2.45, 2.75) is 17.9 Å². The van der Waals surface area contributed by atoms with E-state index in [1.165, 1.54) is 0 Å². The minimum atomic E-state index is -4.11. The van der Waals surface area contributed by atoms with Crippen LogP contribution in [-0.4, -0.2) is 37.6 Å². The molecule has 9 nitrogen and oxygen atoms in total. The minimum Gasteiger partial charge on any atom is -0.490 e. The van der Waals surface area contributed by atoms with E-state index in [2.05, 4.69) is 0 Å². The lowest BCUT2D eigenvalue weighted by atomic mass is 10.3. The summed E-state index contributed by atoms with van der Waals surface area (Å²) in [7, 11) is -2.95. The van der Waals surface area contributed by atoms with Gasteiger partial charge in [-0.2, -0.15) is 4.72 Å². The van der Waals surface area contributed by atoms with Gasteiger partial charge >= 0.3 is 11.7 Å². The predicted molar refractivity (Wildman–Crippen MR) is 67.1 cm³/mol. The van der Waals surface area contributed by atoms with Gasteiger partial charge in [-0.3, -0.25) is 14.9 Å². The molecule has 2 N–H and O–H groups in total. The first-order valence-corrected chi connectivity index (χ1v) is 6.75. The van der Waals surface area contributed by atoms with Crippen LogP contribution in [0.3, 0.4) is 0 Å². The van der Waals surface area contributed by atoms with E-state index in [-0.39, 0.29) is 10.6 Å². The lowest BCUT2D eigenvalue weighted by Crippen LogP contribution is -2.38. The summed E-state index contributed by atoms with van der Waals surface area (Å²) in [5.74, 6) is -1.58. The average Bonchev–Trinajstić information content (AvgIpc) is 2.37. The molecule has 0 radical (unpaired) electrons. The zero-order valence-electron chi connectivity index (χ0n) is 10.6. The van der Waals surface area contributed by atoms with Gasteiger partial charge in [0, 0.05) is 12.1 Å². The minimum absolute atomic E-state index is 0.235. The summed E-state index contributed by atoms with van der Waals surface area (Å²) in [4.78, 5) is 20.3. The van der Waals surface area contributed by atoms with E-state index in [1.54, 1.807) is 0 Å². The molecule has 1 atom stereocenters. The second-order valence-electron chi connectivity index (χ2n) is 3.77. The van der Waals surface area contributed by atoms with Crippen LogP contribution < -0.4 is 9.46 Å². The first-order chi connectivity index (χ1) is 9.19. The van der Waals surface area contributed by atoms with E-state index in [4.69, 9.17) is 9.84 Å². The number of hydrogen-bond acceptors (Lipinski definition) is 6. The Hall–Kier alpha value is -2.20. The quantitative estimate of drug-likeness (QED) is 0.571. The molecule has 0 aliphatic carbocycles. The van der Waals surface area contributed by atoms with E-state index in [1.807, 2.05) is 4.72 Å². The van der Waals surface area contributed by atoms with Crippen molar-refractivity contribution in [1.82, 2.24) is 4.72 Å². The van der Waals surface area contributed by atoms with Crippen molar-refractivity contribution in [2.75, 3.05) is 7.11 Å². The van der Waals surface area contributed by atoms with E-state index in [0.29, 0.717) is 0 Å². The summed E-state index contributed by atoms with van der Waals surface area (Å²) in [6.45, 7) is 1.16. The monoisotopic (exact) mass is 304 g/mol. The number of carboxylic acids is 1. The number of aliphatic carboxylic acids is 1. The maximum absolute atomic E-state index is 11.9. The topological polar surface area (TPSA) is 136 Å². The number of carboxylic acid groups (broad SMARTS) is 1. The molecule has 0 saturated carbocycles. The number of hydrogen-bond donors (Lipinski definition) is 2. The Bertz CT molecular complexity index is 641. The smallest absolute Gasteiger partial charge is 0.321 e. The number of carbonyl (C=O) groups is 1. The third kappa shape index (κ3) is 3.42. The zero-order valence-corrected chi connectivity index (χ0v) is 11.4. The van der Waals surface area contributed by atoms with Crippen molar-refractivity contribution in [3.05, 3.63) is 28.3 Å². The predicted octanol–water partition coefficient (Wildman–Crippen LogP) is 0.355. The van der Waals surface area contributed by atoms with Crippen molar-refractivity contribution in [3.8, 4) is 5.75 Å². The Labute approximate surface area is 114 Å². The van der Waals surface area contributed by atoms with Gasteiger partial charge in [0.05, 0.1) is 16.9 Å². The van der Waals surface area contributed by atoms with Crippen LogP contribution in [-0.2, 0) is 14.8 Å². The molecule has 0 aromatic heterocycles. The van der Waals surface area contributed by atoms with Crippen LogP contribution in [0.4, 0.5) is 5.69 Å². The van der Waals surface area contributed by atoms with Crippen LogP contribution in [0.1, 0.15) is 6.92 Å². The van der Waals surface area contributed by atoms with E-state index >= 15 is 0 Å². The highest BCUT2D eigenvalue weighted by Crippen LogP contribution is 2.29. The van der Waals surface area contributed by atoms with Gasteiger partial charge in [0.1, 0.15) is 6.04 Å². The molecule has 1 unspecified atom stereocenters. The van der Waals surface area contributed by atoms with Gasteiger partial charge in [-0.1, -0.05) is 0 Å². The maximum Gasteiger partial charge on any atom is 0.321 e. The number of nitro groups is 1. The highest BCUT2D eigenvalue weighted by molar-refractivity contribution is 7.89. The van der Waals surface area contributed by atoms with Gasteiger partial charge in [0.2, 0.25) is 10.0 Å². The second kappa shape index (κ2) is 5.84. The summed E-state index contributed by atoms with van der Waals surface area (Å²) in [6, 6.07) is 1.59. The molecule has 0 amide bonds. The number of nitrogens with zero attached hydrogens (tertiary/aromatic N) is 1. The van der Waals surface area contributed by atoms with E-state index in [9.17, 15) is 23.3 Å². The molecular formula is C10H12N2O7S. The molecule has 10 heteroatoms. The summed E-state index contributed by atoms with van der Waals surface area (Å²) in [6.07, 6.45) is 0. The molecule has 0 saturated heterocycles. The van der Waals surface area contributed by atoms with E-state index in [0.717, 1.165) is 32.2 Å². The first-order valence-electron chi connectivity index (χ1n) is 5.26. The van der Waals surface area contributed by atoms with E-state index < -0.39 is 32.6 Å². The molecule has 0 aliphatic rings. The highest BCUT2D eigenvalue weighted by atomic mass is 32.2. The zero-order chi connectivity index (χ0) is 15.5. The Morgan fingerprint density at radius 3 is 2.55 bits per heavy atom. The van der Waals surface area contributed by atoms with Crippen LogP contribution in [0.25, 0.3) is 0 Å². The largest absolute Gasteiger partial charge is 0.490 e. The molecule has 0 spiro atoms. The summed E-state index contributed by atoms with van der Waals surface area (Å²) < 4.78 is 30.5. The normalized spacial score (nSPS) is 12.7. The van der Waals surface area contributed by atoms with Crippen LogP contribution in [0.5, 0.6) is 5.75 Å². The number of ether oxygens (including phenoxy) is 1.